The maximum atomic E-state index is 10.9. The van der Waals surface area contributed by atoms with Crippen molar-refractivity contribution in [1.29, 1.82) is 0 Å². The fourth-order valence-corrected chi connectivity index (χ4v) is 3.41. The lowest BCUT2D eigenvalue weighted by Gasteiger charge is -2.40. The van der Waals surface area contributed by atoms with Crippen molar-refractivity contribution >= 4 is 18.1 Å². The highest BCUT2D eigenvalue weighted by molar-refractivity contribution is 5.85. The molecule has 0 aliphatic carbocycles. The van der Waals surface area contributed by atoms with Crippen LogP contribution in [0.1, 0.15) is 30.9 Å². The van der Waals surface area contributed by atoms with Crippen molar-refractivity contribution in [3.63, 3.8) is 0 Å². The van der Waals surface area contributed by atoms with Crippen molar-refractivity contribution in [2.24, 2.45) is 0 Å². The SMILES string of the molecule is COc1ccccc1N1CCC(O)(CC(O)c2ccccc2)CC1.Cl. The third-order valence-electron chi connectivity index (χ3n) is 4.88. The Bertz CT molecular complexity index is 657. The van der Waals surface area contributed by atoms with Crippen LogP contribution in [0.2, 0.25) is 0 Å². The molecule has 1 atom stereocenters. The molecule has 25 heavy (non-hydrogen) atoms. The number of methoxy groups -OCH3 is 1. The van der Waals surface area contributed by atoms with Gasteiger partial charge < -0.3 is 19.8 Å². The predicted molar refractivity (Wildman–Crippen MR) is 103 cm³/mol. The van der Waals surface area contributed by atoms with Crippen LogP contribution in [0.4, 0.5) is 5.69 Å². The van der Waals surface area contributed by atoms with Crippen LogP contribution in [-0.2, 0) is 0 Å². The summed E-state index contributed by atoms with van der Waals surface area (Å²) in [5.74, 6) is 0.854. The van der Waals surface area contributed by atoms with Crippen molar-refractivity contribution in [3.05, 3.63) is 60.2 Å². The Kier molecular flexibility index (Phi) is 6.71. The van der Waals surface area contributed by atoms with E-state index >= 15 is 0 Å². The average Bonchev–Trinajstić information content (AvgIpc) is 2.63. The maximum absolute atomic E-state index is 10.9. The van der Waals surface area contributed by atoms with Crippen molar-refractivity contribution in [3.8, 4) is 5.75 Å². The number of aliphatic hydroxyl groups is 2. The summed E-state index contributed by atoms with van der Waals surface area (Å²) in [7, 11) is 1.68. The van der Waals surface area contributed by atoms with Crippen LogP contribution in [0.3, 0.4) is 0 Å². The number of piperidine rings is 1. The second-order valence-corrected chi connectivity index (χ2v) is 6.51. The Hall–Kier alpha value is -1.75. The summed E-state index contributed by atoms with van der Waals surface area (Å²) in [5, 5.41) is 21.3. The van der Waals surface area contributed by atoms with Crippen LogP contribution in [0, 0.1) is 0 Å². The Morgan fingerprint density at radius 2 is 1.64 bits per heavy atom. The molecule has 1 saturated heterocycles. The van der Waals surface area contributed by atoms with E-state index in [0.717, 1.165) is 30.1 Å². The molecule has 2 aromatic carbocycles. The van der Waals surface area contributed by atoms with Gasteiger partial charge in [0.1, 0.15) is 5.75 Å². The average molecular weight is 364 g/mol. The minimum Gasteiger partial charge on any atom is -0.495 e. The molecule has 136 valence electrons. The van der Waals surface area contributed by atoms with Crippen LogP contribution in [-0.4, -0.2) is 36.0 Å². The van der Waals surface area contributed by atoms with Gasteiger partial charge in [-0.25, -0.2) is 0 Å². The van der Waals surface area contributed by atoms with E-state index in [4.69, 9.17) is 4.74 Å². The van der Waals surface area contributed by atoms with Gasteiger partial charge in [0.15, 0.2) is 0 Å². The number of aliphatic hydroxyl groups excluding tert-OH is 1. The number of nitrogens with zero attached hydrogens (tertiary/aromatic N) is 1. The lowest BCUT2D eigenvalue weighted by molar-refractivity contribution is -0.0292. The van der Waals surface area contributed by atoms with E-state index in [9.17, 15) is 10.2 Å². The summed E-state index contributed by atoms with van der Waals surface area (Å²) < 4.78 is 5.43. The summed E-state index contributed by atoms with van der Waals surface area (Å²) in [6, 6.07) is 17.5. The van der Waals surface area contributed by atoms with Gasteiger partial charge in [-0.2, -0.15) is 0 Å². The van der Waals surface area contributed by atoms with Crippen LogP contribution in [0.15, 0.2) is 54.6 Å². The van der Waals surface area contributed by atoms with Gasteiger partial charge >= 0.3 is 0 Å². The van der Waals surface area contributed by atoms with Crippen LogP contribution < -0.4 is 9.64 Å². The van der Waals surface area contributed by atoms with Gasteiger partial charge in [0.25, 0.3) is 0 Å². The highest BCUT2D eigenvalue weighted by atomic mass is 35.5. The summed E-state index contributed by atoms with van der Waals surface area (Å²) in [5.41, 5.74) is 1.09. The second kappa shape index (κ2) is 8.56. The van der Waals surface area contributed by atoms with Crippen molar-refractivity contribution in [2.75, 3.05) is 25.1 Å². The molecule has 2 N–H and O–H groups in total. The first-order valence-electron chi connectivity index (χ1n) is 8.45. The first-order valence-corrected chi connectivity index (χ1v) is 8.45. The second-order valence-electron chi connectivity index (χ2n) is 6.51. The monoisotopic (exact) mass is 363 g/mol. The maximum Gasteiger partial charge on any atom is 0.142 e. The Labute approximate surface area is 155 Å². The molecule has 1 unspecified atom stereocenters. The van der Waals surface area contributed by atoms with Crippen molar-refractivity contribution < 1.29 is 14.9 Å². The van der Waals surface area contributed by atoms with E-state index in [1.54, 1.807) is 7.11 Å². The smallest absolute Gasteiger partial charge is 0.142 e. The van der Waals surface area contributed by atoms with Crippen molar-refractivity contribution in [1.82, 2.24) is 0 Å². The molecule has 4 nitrogen and oxygen atoms in total. The highest BCUT2D eigenvalue weighted by Gasteiger charge is 2.35. The minimum atomic E-state index is -0.826. The fraction of sp³-hybridized carbons (Fsp3) is 0.400. The number of anilines is 1. The lowest BCUT2D eigenvalue weighted by atomic mass is 9.84. The number of rotatable bonds is 5. The molecule has 0 aromatic heterocycles. The number of hydrogen-bond donors (Lipinski definition) is 2. The van der Waals surface area contributed by atoms with Gasteiger partial charge in [0.05, 0.1) is 24.5 Å². The molecule has 0 spiro atoms. The van der Waals surface area contributed by atoms with Crippen LogP contribution in [0.5, 0.6) is 5.75 Å². The fourth-order valence-electron chi connectivity index (χ4n) is 3.41. The molecule has 0 bridgehead atoms. The normalized spacial score (nSPS) is 17.5. The molecule has 1 fully saturated rings. The van der Waals surface area contributed by atoms with Gasteiger partial charge in [-0.3, -0.25) is 0 Å². The van der Waals surface area contributed by atoms with Crippen molar-refractivity contribution in [2.45, 2.75) is 31.0 Å². The van der Waals surface area contributed by atoms with Crippen LogP contribution >= 0.6 is 12.4 Å². The summed E-state index contributed by atoms with van der Waals surface area (Å²) in [4.78, 5) is 2.24. The third-order valence-corrected chi connectivity index (χ3v) is 4.88. The molecule has 5 heteroatoms. The van der Waals surface area contributed by atoms with Crippen LogP contribution in [0.25, 0.3) is 0 Å². The van der Waals surface area contributed by atoms with E-state index in [1.165, 1.54) is 0 Å². The van der Waals surface area contributed by atoms with E-state index in [2.05, 4.69) is 4.90 Å². The Morgan fingerprint density at radius 1 is 1.04 bits per heavy atom. The van der Waals surface area contributed by atoms with E-state index in [0.29, 0.717) is 19.3 Å². The largest absolute Gasteiger partial charge is 0.495 e. The minimum absolute atomic E-state index is 0. The third kappa shape index (κ3) is 4.66. The van der Waals surface area contributed by atoms with Gasteiger partial charge in [0.2, 0.25) is 0 Å². The molecule has 0 radical (unpaired) electrons. The zero-order valence-electron chi connectivity index (χ0n) is 14.5. The molecule has 0 amide bonds. The Morgan fingerprint density at radius 3 is 2.28 bits per heavy atom. The zero-order chi connectivity index (χ0) is 17.0. The van der Waals surface area contributed by atoms with E-state index < -0.39 is 11.7 Å². The molecule has 1 aliphatic rings. The topological polar surface area (TPSA) is 52.9 Å². The highest BCUT2D eigenvalue weighted by Crippen LogP contribution is 2.36. The van der Waals surface area contributed by atoms with Gasteiger partial charge in [-0.1, -0.05) is 42.5 Å². The molecule has 0 saturated carbocycles. The van der Waals surface area contributed by atoms with E-state index in [-0.39, 0.29) is 12.4 Å². The lowest BCUT2D eigenvalue weighted by Crippen LogP contribution is -2.45. The van der Waals surface area contributed by atoms with E-state index in [1.807, 2.05) is 54.6 Å². The molecule has 2 aromatic rings. The standard InChI is InChI=1S/C20H25NO3.ClH/c1-24-19-10-6-5-9-17(19)21-13-11-20(23,12-14-21)15-18(22)16-7-3-2-4-8-16;/h2-10,18,22-23H,11-15H2,1H3;1H. The summed E-state index contributed by atoms with van der Waals surface area (Å²) >= 11 is 0. The van der Waals surface area contributed by atoms with Gasteiger partial charge in [-0.05, 0) is 30.5 Å². The number of para-hydroxylation sites is 2. The Balaban J connectivity index is 0.00000225. The first kappa shape index (κ1) is 19.6. The summed E-state index contributed by atoms with van der Waals surface area (Å²) in [6.45, 7) is 1.50. The summed E-state index contributed by atoms with van der Waals surface area (Å²) in [6.07, 6.45) is 1.01. The zero-order valence-corrected chi connectivity index (χ0v) is 15.3. The number of benzene rings is 2. The van der Waals surface area contributed by atoms with Gasteiger partial charge in [0, 0.05) is 19.5 Å². The first-order chi connectivity index (χ1) is 11.6. The number of ether oxygens (including phenoxy) is 1. The molecular weight excluding hydrogens is 338 g/mol. The van der Waals surface area contributed by atoms with Gasteiger partial charge in [-0.15, -0.1) is 12.4 Å². The molecule has 1 aliphatic heterocycles. The number of halogens is 1. The molecule has 1 heterocycles. The number of hydrogen-bond acceptors (Lipinski definition) is 4. The predicted octanol–water partition coefficient (Wildman–Crippen LogP) is 3.57. The quantitative estimate of drug-likeness (QED) is 0.852. The molecule has 3 rings (SSSR count). The molecular formula is C20H26ClNO3.